The molecule has 1 aromatic heterocycles. The van der Waals surface area contributed by atoms with Crippen molar-refractivity contribution in [3.05, 3.63) is 81.9 Å². The minimum Gasteiger partial charge on any atom is -0.507 e. The summed E-state index contributed by atoms with van der Waals surface area (Å²) in [5.41, 5.74) is 7.96. The lowest BCUT2D eigenvalue weighted by Gasteiger charge is -2.38. The predicted molar refractivity (Wildman–Crippen MR) is 135 cm³/mol. The normalized spacial score (nSPS) is 17.8. The van der Waals surface area contributed by atoms with E-state index in [1.165, 1.54) is 22.3 Å². The van der Waals surface area contributed by atoms with E-state index >= 15 is 0 Å². The number of phenolic OH excluding ortho intramolecular Hbond substituents is 1. The maximum absolute atomic E-state index is 10.4. The van der Waals surface area contributed by atoms with Crippen LogP contribution in [0.4, 0.5) is 0 Å². The van der Waals surface area contributed by atoms with Crippen LogP contribution < -0.4 is 4.74 Å². The fourth-order valence-electron chi connectivity index (χ4n) is 5.03. The first-order valence-corrected chi connectivity index (χ1v) is 12.0. The minimum absolute atomic E-state index is 0.178. The fourth-order valence-corrected chi connectivity index (χ4v) is 5.03. The number of rotatable bonds is 7. The summed E-state index contributed by atoms with van der Waals surface area (Å²) in [5.74, 6) is 1.42. The molecule has 174 valence electrons. The summed E-state index contributed by atoms with van der Waals surface area (Å²) in [6.45, 7) is 11.2. The number of imidazole rings is 1. The van der Waals surface area contributed by atoms with Crippen LogP contribution in [0.2, 0.25) is 0 Å². The zero-order chi connectivity index (χ0) is 23.6. The van der Waals surface area contributed by atoms with Gasteiger partial charge in [-0.05, 0) is 100 Å². The highest BCUT2D eigenvalue weighted by Gasteiger charge is 2.34. The van der Waals surface area contributed by atoms with Gasteiger partial charge in [-0.2, -0.15) is 0 Å². The standard InChI is InChI=1S/C29H36N2O2/c1-6-8-24-11-10-23(18-31-16-15-30-19-31)17-25(24)9-7-13-29(5)14-12-26-22(4)27(32)20(2)21(3)28(26)33-29/h6,8,10-11,15-17,19,32H,7,9,12-14,18H2,1-5H3/b8-6+. The van der Waals surface area contributed by atoms with E-state index in [0.29, 0.717) is 5.75 Å². The Morgan fingerprint density at radius 3 is 2.73 bits per heavy atom. The lowest BCUT2D eigenvalue weighted by molar-refractivity contribution is 0.0530. The van der Waals surface area contributed by atoms with Gasteiger partial charge in [0, 0.05) is 24.5 Å². The van der Waals surface area contributed by atoms with Crippen LogP contribution in [0.25, 0.3) is 6.08 Å². The molecule has 1 aliphatic rings. The Morgan fingerprint density at radius 2 is 2.00 bits per heavy atom. The van der Waals surface area contributed by atoms with E-state index < -0.39 is 0 Å². The second kappa shape index (κ2) is 9.46. The Kier molecular flexibility index (Phi) is 6.64. The van der Waals surface area contributed by atoms with Gasteiger partial charge in [0.05, 0.1) is 6.33 Å². The van der Waals surface area contributed by atoms with Gasteiger partial charge in [0.2, 0.25) is 0 Å². The van der Waals surface area contributed by atoms with Crippen molar-refractivity contribution in [3.8, 4) is 11.5 Å². The molecule has 33 heavy (non-hydrogen) atoms. The summed E-state index contributed by atoms with van der Waals surface area (Å²) >= 11 is 0. The number of allylic oxidation sites excluding steroid dienone is 1. The summed E-state index contributed by atoms with van der Waals surface area (Å²) in [4.78, 5) is 4.16. The van der Waals surface area contributed by atoms with E-state index in [9.17, 15) is 5.11 Å². The quantitative estimate of drug-likeness (QED) is 0.441. The number of aromatic nitrogens is 2. The molecule has 0 amide bonds. The van der Waals surface area contributed by atoms with Gasteiger partial charge in [-0.3, -0.25) is 0 Å². The average Bonchev–Trinajstić information content (AvgIpc) is 3.31. The number of hydrogen-bond donors (Lipinski definition) is 1. The zero-order valence-electron chi connectivity index (χ0n) is 20.6. The third-order valence-electron chi connectivity index (χ3n) is 7.22. The Balaban J connectivity index is 1.48. The second-order valence-corrected chi connectivity index (χ2v) is 9.70. The molecule has 4 heteroatoms. The zero-order valence-corrected chi connectivity index (χ0v) is 20.6. The first-order chi connectivity index (χ1) is 15.8. The third-order valence-corrected chi connectivity index (χ3v) is 7.22. The van der Waals surface area contributed by atoms with Crippen LogP contribution in [0.15, 0.2) is 43.0 Å². The molecule has 0 fully saturated rings. The minimum atomic E-state index is -0.178. The molecule has 3 aromatic rings. The highest BCUT2D eigenvalue weighted by atomic mass is 16.5. The van der Waals surface area contributed by atoms with Crippen LogP contribution in [0.3, 0.4) is 0 Å². The van der Waals surface area contributed by atoms with Gasteiger partial charge in [0.1, 0.15) is 17.1 Å². The van der Waals surface area contributed by atoms with Crippen LogP contribution in [-0.4, -0.2) is 20.3 Å². The average molecular weight is 445 g/mol. The van der Waals surface area contributed by atoms with Crippen molar-refractivity contribution in [2.75, 3.05) is 0 Å². The van der Waals surface area contributed by atoms with E-state index in [-0.39, 0.29) is 5.60 Å². The summed E-state index contributed by atoms with van der Waals surface area (Å²) < 4.78 is 8.75. The van der Waals surface area contributed by atoms with Crippen LogP contribution in [0.5, 0.6) is 11.5 Å². The molecule has 0 saturated heterocycles. The molecule has 1 atom stereocenters. The number of fused-ring (bicyclic) bond motifs is 1. The predicted octanol–water partition coefficient (Wildman–Crippen LogP) is 6.70. The van der Waals surface area contributed by atoms with Gasteiger partial charge in [-0.15, -0.1) is 0 Å². The lowest BCUT2D eigenvalue weighted by atomic mass is 9.84. The molecular weight excluding hydrogens is 408 g/mol. The number of aryl methyl sites for hydroxylation is 1. The number of benzene rings is 2. The van der Waals surface area contributed by atoms with E-state index in [0.717, 1.165) is 61.1 Å². The van der Waals surface area contributed by atoms with Crippen LogP contribution in [0.1, 0.15) is 72.1 Å². The maximum atomic E-state index is 10.4. The SMILES string of the molecule is C/C=C/c1ccc(Cn2ccnc2)cc1CCCC1(C)CCc2c(C)c(O)c(C)c(C)c2O1. The molecule has 2 heterocycles. The van der Waals surface area contributed by atoms with Crippen molar-refractivity contribution in [2.45, 2.75) is 78.9 Å². The molecule has 1 unspecified atom stereocenters. The second-order valence-electron chi connectivity index (χ2n) is 9.70. The van der Waals surface area contributed by atoms with Gasteiger partial charge >= 0.3 is 0 Å². The Labute approximate surface area is 198 Å². The summed E-state index contributed by atoms with van der Waals surface area (Å²) in [6, 6.07) is 6.79. The van der Waals surface area contributed by atoms with Crippen molar-refractivity contribution in [2.24, 2.45) is 0 Å². The highest BCUT2D eigenvalue weighted by Crippen LogP contribution is 2.44. The van der Waals surface area contributed by atoms with E-state index in [1.807, 2.05) is 32.6 Å². The number of phenols is 1. The smallest absolute Gasteiger partial charge is 0.127 e. The molecule has 0 saturated carbocycles. The van der Waals surface area contributed by atoms with Crippen molar-refractivity contribution >= 4 is 6.08 Å². The summed E-state index contributed by atoms with van der Waals surface area (Å²) in [7, 11) is 0. The van der Waals surface area contributed by atoms with Crippen molar-refractivity contribution in [3.63, 3.8) is 0 Å². The molecule has 0 aliphatic carbocycles. The molecule has 4 rings (SSSR count). The van der Waals surface area contributed by atoms with Crippen LogP contribution >= 0.6 is 0 Å². The Hall–Kier alpha value is -3.01. The largest absolute Gasteiger partial charge is 0.507 e. The van der Waals surface area contributed by atoms with Crippen molar-refractivity contribution in [1.29, 1.82) is 0 Å². The third kappa shape index (κ3) is 4.85. The first-order valence-electron chi connectivity index (χ1n) is 12.0. The van der Waals surface area contributed by atoms with Gasteiger partial charge in [0.15, 0.2) is 0 Å². The number of ether oxygens (including phenoxy) is 1. The summed E-state index contributed by atoms with van der Waals surface area (Å²) in [5, 5.41) is 10.4. The number of nitrogens with zero attached hydrogens (tertiary/aromatic N) is 2. The van der Waals surface area contributed by atoms with Gasteiger partial charge < -0.3 is 14.4 Å². The van der Waals surface area contributed by atoms with Crippen molar-refractivity contribution < 1.29 is 9.84 Å². The van der Waals surface area contributed by atoms with Gasteiger partial charge in [-0.1, -0.05) is 30.4 Å². The molecular formula is C29H36N2O2. The Bertz CT molecular complexity index is 1160. The maximum Gasteiger partial charge on any atom is 0.127 e. The molecule has 4 nitrogen and oxygen atoms in total. The van der Waals surface area contributed by atoms with E-state index in [1.54, 1.807) is 0 Å². The monoisotopic (exact) mass is 444 g/mol. The Morgan fingerprint density at radius 1 is 1.18 bits per heavy atom. The fraction of sp³-hybridized carbons (Fsp3) is 0.414. The molecule has 0 bridgehead atoms. The molecule has 0 spiro atoms. The number of hydrogen-bond acceptors (Lipinski definition) is 3. The first kappa shape index (κ1) is 23.2. The van der Waals surface area contributed by atoms with Crippen LogP contribution in [-0.2, 0) is 19.4 Å². The van der Waals surface area contributed by atoms with E-state index in [4.69, 9.17) is 4.74 Å². The van der Waals surface area contributed by atoms with Gasteiger partial charge in [0.25, 0.3) is 0 Å². The lowest BCUT2D eigenvalue weighted by Crippen LogP contribution is -2.37. The molecule has 2 aromatic carbocycles. The topological polar surface area (TPSA) is 47.3 Å². The highest BCUT2D eigenvalue weighted by molar-refractivity contribution is 5.58. The number of aromatic hydroxyl groups is 1. The summed E-state index contributed by atoms with van der Waals surface area (Å²) in [6.07, 6.45) is 15.0. The van der Waals surface area contributed by atoms with Gasteiger partial charge in [-0.25, -0.2) is 4.98 Å². The molecule has 0 radical (unpaired) electrons. The van der Waals surface area contributed by atoms with E-state index in [2.05, 4.69) is 60.7 Å². The van der Waals surface area contributed by atoms with Crippen molar-refractivity contribution in [1.82, 2.24) is 9.55 Å². The molecule has 1 N–H and O–H groups in total. The van der Waals surface area contributed by atoms with Crippen LogP contribution in [0, 0.1) is 20.8 Å². The molecule has 1 aliphatic heterocycles.